The number of hydrogen-bond donors (Lipinski definition) is 0. The lowest BCUT2D eigenvalue weighted by Gasteiger charge is -2.48. The fourth-order valence-corrected chi connectivity index (χ4v) is 4.37. The molecule has 4 aliphatic rings. The van der Waals surface area contributed by atoms with E-state index in [2.05, 4.69) is 11.8 Å². The molecule has 4 fully saturated rings. The average Bonchev–Trinajstić information content (AvgIpc) is 2.77. The summed E-state index contributed by atoms with van der Waals surface area (Å²) >= 11 is 0. The van der Waals surface area contributed by atoms with Gasteiger partial charge < -0.3 is 4.90 Å². The second-order valence-corrected chi connectivity index (χ2v) is 5.99. The molecule has 16 heavy (non-hydrogen) atoms. The molecule has 2 bridgehead atoms. The Morgan fingerprint density at radius 3 is 2.62 bits per heavy atom. The van der Waals surface area contributed by atoms with E-state index in [9.17, 15) is 4.79 Å². The van der Waals surface area contributed by atoms with Crippen LogP contribution >= 0.6 is 0 Å². The second-order valence-electron chi connectivity index (χ2n) is 5.99. The summed E-state index contributed by atoms with van der Waals surface area (Å²) in [6, 6.07) is 0.776. The molecule has 0 radical (unpaired) electrons. The summed E-state index contributed by atoms with van der Waals surface area (Å²) in [4.78, 5) is 14.7. The number of fused-ring (bicyclic) bond motifs is 2. The van der Waals surface area contributed by atoms with Gasteiger partial charge in [0.25, 0.3) is 0 Å². The van der Waals surface area contributed by atoms with Crippen LogP contribution in [0.1, 0.15) is 45.4 Å². The third-order valence-corrected chi connectivity index (χ3v) is 5.18. The summed E-state index contributed by atoms with van der Waals surface area (Å²) in [5, 5.41) is 0. The van der Waals surface area contributed by atoms with Gasteiger partial charge in [0.15, 0.2) is 0 Å². The minimum absolute atomic E-state index is 0.413. The predicted octanol–water partition coefficient (Wildman–Crippen LogP) is 2.48. The van der Waals surface area contributed by atoms with E-state index in [0.717, 1.165) is 30.7 Å². The molecule has 3 atom stereocenters. The van der Waals surface area contributed by atoms with Crippen LogP contribution in [0.4, 0.5) is 0 Å². The SMILES string of the molecule is CCCC(=O)C1CC2C3CCN(CC3)C2C1. The van der Waals surface area contributed by atoms with Gasteiger partial charge in [-0.2, -0.15) is 0 Å². The number of ketones is 1. The van der Waals surface area contributed by atoms with Crippen LogP contribution in [0.2, 0.25) is 0 Å². The van der Waals surface area contributed by atoms with Gasteiger partial charge in [-0.1, -0.05) is 6.92 Å². The maximum atomic E-state index is 12.0. The summed E-state index contributed by atoms with van der Waals surface area (Å²) in [7, 11) is 0. The fraction of sp³-hybridized carbons (Fsp3) is 0.929. The van der Waals surface area contributed by atoms with Crippen molar-refractivity contribution in [3.63, 3.8) is 0 Å². The van der Waals surface area contributed by atoms with Gasteiger partial charge in [-0.15, -0.1) is 0 Å². The molecule has 2 heteroatoms. The van der Waals surface area contributed by atoms with Gasteiger partial charge in [0, 0.05) is 18.4 Å². The molecule has 3 saturated heterocycles. The van der Waals surface area contributed by atoms with Gasteiger partial charge in [-0.25, -0.2) is 0 Å². The van der Waals surface area contributed by atoms with E-state index in [4.69, 9.17) is 0 Å². The van der Waals surface area contributed by atoms with Gasteiger partial charge in [-0.3, -0.25) is 4.79 Å². The molecule has 3 unspecified atom stereocenters. The quantitative estimate of drug-likeness (QED) is 0.729. The van der Waals surface area contributed by atoms with Crippen molar-refractivity contribution < 1.29 is 4.79 Å². The van der Waals surface area contributed by atoms with Crippen LogP contribution in [0.5, 0.6) is 0 Å². The molecular formula is C14H23NO. The Morgan fingerprint density at radius 1 is 1.25 bits per heavy atom. The average molecular weight is 221 g/mol. The van der Waals surface area contributed by atoms with Crippen molar-refractivity contribution >= 4 is 5.78 Å². The van der Waals surface area contributed by atoms with Crippen LogP contribution < -0.4 is 0 Å². The van der Waals surface area contributed by atoms with Gasteiger partial charge in [0.05, 0.1) is 0 Å². The molecule has 0 aromatic rings. The Hall–Kier alpha value is -0.370. The van der Waals surface area contributed by atoms with Crippen LogP contribution in [-0.2, 0) is 4.79 Å². The molecule has 0 N–H and O–H groups in total. The van der Waals surface area contributed by atoms with Gasteiger partial charge >= 0.3 is 0 Å². The Balaban J connectivity index is 1.69. The van der Waals surface area contributed by atoms with Gasteiger partial charge in [-0.05, 0) is 57.0 Å². The highest BCUT2D eigenvalue weighted by Crippen LogP contribution is 2.48. The number of piperidine rings is 3. The number of carbonyl (C=O) groups excluding carboxylic acids is 1. The molecule has 90 valence electrons. The van der Waals surface area contributed by atoms with Crippen molar-refractivity contribution in [3.05, 3.63) is 0 Å². The predicted molar refractivity (Wildman–Crippen MR) is 64.2 cm³/mol. The molecule has 0 aromatic carbocycles. The first kappa shape index (κ1) is 10.8. The topological polar surface area (TPSA) is 20.3 Å². The van der Waals surface area contributed by atoms with Crippen LogP contribution in [0.15, 0.2) is 0 Å². The van der Waals surface area contributed by atoms with Crippen LogP contribution in [0, 0.1) is 17.8 Å². The highest BCUT2D eigenvalue weighted by molar-refractivity contribution is 5.81. The Labute approximate surface area is 98.4 Å². The highest BCUT2D eigenvalue weighted by Gasteiger charge is 2.48. The van der Waals surface area contributed by atoms with Crippen LogP contribution in [-0.4, -0.2) is 29.8 Å². The summed E-state index contributed by atoms with van der Waals surface area (Å²) in [5.41, 5.74) is 0. The molecule has 4 rings (SSSR count). The zero-order valence-electron chi connectivity index (χ0n) is 10.3. The van der Waals surface area contributed by atoms with Crippen LogP contribution in [0.3, 0.4) is 0 Å². The van der Waals surface area contributed by atoms with Crippen molar-refractivity contribution in [1.29, 1.82) is 0 Å². The van der Waals surface area contributed by atoms with Crippen LogP contribution in [0.25, 0.3) is 0 Å². The van der Waals surface area contributed by atoms with E-state index in [1.165, 1.54) is 38.8 Å². The number of hydrogen-bond acceptors (Lipinski definition) is 2. The van der Waals surface area contributed by atoms with Gasteiger partial charge in [0.2, 0.25) is 0 Å². The van der Waals surface area contributed by atoms with Crippen molar-refractivity contribution in [2.75, 3.05) is 13.1 Å². The first-order valence-corrected chi connectivity index (χ1v) is 7.06. The number of carbonyl (C=O) groups is 1. The van der Waals surface area contributed by atoms with Crippen molar-refractivity contribution in [1.82, 2.24) is 4.90 Å². The normalized spacial score (nSPS) is 45.7. The molecule has 2 nitrogen and oxygen atoms in total. The molecule has 0 amide bonds. The number of nitrogens with zero attached hydrogens (tertiary/aromatic N) is 1. The Morgan fingerprint density at radius 2 is 2.00 bits per heavy atom. The minimum Gasteiger partial charge on any atom is -0.300 e. The van der Waals surface area contributed by atoms with Crippen molar-refractivity contribution in [3.8, 4) is 0 Å². The number of Topliss-reactive ketones (excluding diaryl/α,β-unsaturated/α-hetero) is 1. The zero-order chi connectivity index (χ0) is 11.1. The first-order chi connectivity index (χ1) is 7.79. The van der Waals surface area contributed by atoms with E-state index < -0.39 is 0 Å². The standard InChI is InChI=1S/C14H23NO/c1-2-3-14(16)11-8-12-10-4-6-15(7-5-10)13(12)9-11/h10-13H,2-9H2,1H3. The maximum absolute atomic E-state index is 12.0. The first-order valence-electron chi connectivity index (χ1n) is 7.06. The number of rotatable bonds is 3. The largest absolute Gasteiger partial charge is 0.300 e. The molecule has 0 aromatic heterocycles. The molecule has 3 heterocycles. The third kappa shape index (κ3) is 1.62. The molecule has 0 spiro atoms. The summed E-state index contributed by atoms with van der Waals surface area (Å²) in [6.07, 6.45) is 7.03. The van der Waals surface area contributed by atoms with E-state index in [0.29, 0.717) is 11.7 Å². The highest BCUT2D eigenvalue weighted by atomic mass is 16.1. The monoisotopic (exact) mass is 221 g/mol. The maximum Gasteiger partial charge on any atom is 0.136 e. The van der Waals surface area contributed by atoms with E-state index in [-0.39, 0.29) is 0 Å². The third-order valence-electron chi connectivity index (χ3n) is 5.18. The second kappa shape index (κ2) is 4.14. The lowest BCUT2D eigenvalue weighted by atomic mass is 9.75. The molecule has 3 aliphatic heterocycles. The minimum atomic E-state index is 0.413. The molecular weight excluding hydrogens is 198 g/mol. The van der Waals surface area contributed by atoms with E-state index in [1.807, 2.05) is 0 Å². The molecule has 1 aliphatic carbocycles. The van der Waals surface area contributed by atoms with Gasteiger partial charge in [0.1, 0.15) is 5.78 Å². The Kier molecular flexibility index (Phi) is 2.78. The van der Waals surface area contributed by atoms with E-state index >= 15 is 0 Å². The van der Waals surface area contributed by atoms with Crippen molar-refractivity contribution in [2.24, 2.45) is 17.8 Å². The lowest BCUT2D eigenvalue weighted by molar-refractivity contribution is -0.122. The molecule has 1 saturated carbocycles. The smallest absolute Gasteiger partial charge is 0.136 e. The fourth-order valence-electron chi connectivity index (χ4n) is 4.37. The Bertz CT molecular complexity index is 260. The van der Waals surface area contributed by atoms with E-state index in [1.54, 1.807) is 0 Å². The van der Waals surface area contributed by atoms with Crippen molar-refractivity contribution in [2.45, 2.75) is 51.5 Å². The summed E-state index contributed by atoms with van der Waals surface area (Å²) in [6.45, 7) is 4.73. The lowest BCUT2D eigenvalue weighted by Crippen LogP contribution is -2.52. The summed E-state index contributed by atoms with van der Waals surface area (Å²) < 4.78 is 0. The zero-order valence-corrected chi connectivity index (χ0v) is 10.3. The summed E-state index contributed by atoms with van der Waals surface area (Å²) in [5.74, 6) is 2.79.